The van der Waals surface area contributed by atoms with E-state index in [2.05, 4.69) is 22.0 Å². The van der Waals surface area contributed by atoms with Gasteiger partial charge in [0.2, 0.25) is 5.91 Å². The molecule has 2 atom stereocenters. The Bertz CT molecular complexity index is 1270. The lowest BCUT2D eigenvalue weighted by atomic mass is 9.67. The number of ether oxygens (including phenoxy) is 1. The Hall–Kier alpha value is -3.46. The molecule has 0 aromatic heterocycles. The molecule has 0 spiro atoms. The lowest BCUT2D eigenvalue weighted by Gasteiger charge is -2.47. The van der Waals surface area contributed by atoms with Crippen molar-refractivity contribution in [3.63, 3.8) is 0 Å². The lowest BCUT2D eigenvalue weighted by molar-refractivity contribution is -0.137. The van der Waals surface area contributed by atoms with Crippen molar-refractivity contribution < 1.29 is 32.6 Å². The number of nitrogens with zero attached hydrogens (tertiary/aromatic N) is 1. The normalized spacial score (nSPS) is 26.6. The minimum absolute atomic E-state index is 0.0541. The smallest absolute Gasteiger partial charge is 0.385 e. The number of carbonyl (C=O) groups is 2. The molecule has 2 fully saturated rings. The van der Waals surface area contributed by atoms with Crippen molar-refractivity contribution in [2.75, 3.05) is 26.2 Å². The van der Waals surface area contributed by atoms with E-state index in [1.807, 2.05) is 13.0 Å². The molecule has 0 radical (unpaired) electrons. The zero-order chi connectivity index (χ0) is 29.0. The largest absolute Gasteiger partial charge is 0.416 e. The summed E-state index contributed by atoms with van der Waals surface area (Å²) in [6.07, 6.45) is -2.93. The van der Waals surface area contributed by atoms with Gasteiger partial charge in [-0.1, -0.05) is 18.2 Å². The maximum absolute atomic E-state index is 13.1. The number of alkyl halides is 3. The Labute approximate surface area is 230 Å². The van der Waals surface area contributed by atoms with Gasteiger partial charge in [-0.3, -0.25) is 9.59 Å². The summed E-state index contributed by atoms with van der Waals surface area (Å²) in [5, 5.41) is 29.5. The molecule has 11 heteroatoms. The highest BCUT2D eigenvalue weighted by Gasteiger charge is 2.52. The van der Waals surface area contributed by atoms with Crippen molar-refractivity contribution >= 4 is 11.8 Å². The molecular weight excluding hydrogens is 525 g/mol. The zero-order valence-corrected chi connectivity index (χ0v) is 22.2. The predicted molar refractivity (Wildman–Crippen MR) is 140 cm³/mol. The molecule has 2 amide bonds. The van der Waals surface area contributed by atoms with Gasteiger partial charge in [0.05, 0.1) is 41.0 Å². The molecule has 1 aliphatic carbocycles. The van der Waals surface area contributed by atoms with Gasteiger partial charge in [0.25, 0.3) is 5.91 Å². The van der Waals surface area contributed by atoms with Crippen molar-refractivity contribution in [2.24, 2.45) is 5.92 Å². The molecule has 1 saturated carbocycles. The fraction of sp³-hybridized carbons (Fsp3) is 0.483. The molecule has 1 saturated heterocycles. The van der Waals surface area contributed by atoms with E-state index in [4.69, 9.17) is 4.74 Å². The molecule has 1 heterocycles. The van der Waals surface area contributed by atoms with E-state index in [1.165, 1.54) is 6.07 Å². The second-order valence-electron chi connectivity index (χ2n) is 10.4. The Morgan fingerprint density at radius 1 is 1.18 bits per heavy atom. The summed E-state index contributed by atoms with van der Waals surface area (Å²) in [4.78, 5) is 25.6. The topological polar surface area (TPSA) is 123 Å². The first-order chi connectivity index (χ1) is 19.0. The highest BCUT2D eigenvalue weighted by Crippen LogP contribution is 2.45. The third-order valence-electron chi connectivity index (χ3n) is 7.99. The van der Waals surface area contributed by atoms with E-state index in [0.717, 1.165) is 18.2 Å². The van der Waals surface area contributed by atoms with E-state index >= 15 is 0 Å². The molecule has 2 aromatic rings. The summed E-state index contributed by atoms with van der Waals surface area (Å²) in [7, 11) is 0. The molecule has 2 aliphatic rings. The van der Waals surface area contributed by atoms with Gasteiger partial charge in [-0.05, 0) is 74.4 Å². The molecule has 214 valence electrons. The summed E-state index contributed by atoms with van der Waals surface area (Å²) < 4.78 is 45.1. The average molecular weight is 559 g/mol. The van der Waals surface area contributed by atoms with Gasteiger partial charge < -0.3 is 25.8 Å². The molecule has 1 aliphatic heterocycles. The number of nitriles is 1. The van der Waals surface area contributed by atoms with Crippen molar-refractivity contribution in [3.05, 3.63) is 70.8 Å². The maximum atomic E-state index is 13.1. The number of carbonyl (C=O) groups excluding carboxylic acids is 2. The predicted octanol–water partition coefficient (Wildman–Crippen LogP) is 3.25. The number of benzene rings is 2. The lowest BCUT2D eigenvalue weighted by Crippen LogP contribution is -2.64. The summed E-state index contributed by atoms with van der Waals surface area (Å²) >= 11 is 0. The van der Waals surface area contributed by atoms with Gasteiger partial charge in [0.15, 0.2) is 0 Å². The van der Waals surface area contributed by atoms with Crippen LogP contribution in [0.2, 0.25) is 0 Å². The van der Waals surface area contributed by atoms with Gasteiger partial charge in [0, 0.05) is 25.3 Å². The molecule has 8 nitrogen and oxygen atoms in total. The first-order valence-corrected chi connectivity index (χ1v) is 13.3. The number of hydrogen-bond donors (Lipinski definition) is 4. The van der Waals surface area contributed by atoms with E-state index in [-0.39, 0.29) is 17.6 Å². The maximum Gasteiger partial charge on any atom is 0.416 e. The monoisotopic (exact) mass is 558 g/mol. The van der Waals surface area contributed by atoms with Crippen LogP contribution in [0.25, 0.3) is 0 Å². The SMILES string of the molecule is CCO[C@H]1CNC[C@@]1(NC(=O)CNC(=O)c1cccc(C(F)(F)F)c1)C1CCC(O)(c2cccc(C#N)c2)CC1. The molecule has 0 bridgehead atoms. The van der Waals surface area contributed by atoms with Crippen molar-refractivity contribution in [2.45, 2.75) is 56.0 Å². The number of aliphatic hydroxyl groups is 1. The van der Waals surface area contributed by atoms with Gasteiger partial charge in [0.1, 0.15) is 0 Å². The van der Waals surface area contributed by atoms with Crippen molar-refractivity contribution in [1.82, 2.24) is 16.0 Å². The molecule has 0 unspecified atom stereocenters. The van der Waals surface area contributed by atoms with E-state index in [9.17, 15) is 33.1 Å². The fourth-order valence-corrected chi connectivity index (χ4v) is 5.93. The van der Waals surface area contributed by atoms with E-state index in [1.54, 1.807) is 18.2 Å². The Morgan fingerprint density at radius 3 is 2.58 bits per heavy atom. The second kappa shape index (κ2) is 12.0. The summed E-state index contributed by atoms with van der Waals surface area (Å²) in [6.45, 7) is 2.80. The van der Waals surface area contributed by atoms with Crippen LogP contribution < -0.4 is 16.0 Å². The number of rotatable bonds is 8. The molecule has 40 heavy (non-hydrogen) atoms. The van der Waals surface area contributed by atoms with E-state index < -0.39 is 41.2 Å². The van der Waals surface area contributed by atoms with Crippen LogP contribution in [-0.4, -0.2) is 54.8 Å². The first-order valence-electron chi connectivity index (χ1n) is 13.3. The third kappa shape index (κ3) is 6.30. The number of nitrogens with one attached hydrogen (secondary N) is 3. The summed E-state index contributed by atoms with van der Waals surface area (Å²) in [6, 6.07) is 13.1. The van der Waals surface area contributed by atoms with Crippen molar-refractivity contribution in [1.29, 1.82) is 5.26 Å². The number of amides is 2. The highest BCUT2D eigenvalue weighted by molar-refractivity contribution is 5.96. The zero-order valence-electron chi connectivity index (χ0n) is 22.2. The quantitative estimate of drug-likeness (QED) is 0.395. The molecule has 4 N–H and O–H groups in total. The third-order valence-corrected chi connectivity index (χ3v) is 7.99. The average Bonchev–Trinajstić information content (AvgIpc) is 3.34. The molecular formula is C29H33F3N4O4. The van der Waals surface area contributed by atoms with Crippen LogP contribution in [0, 0.1) is 17.2 Å². The first kappa shape index (κ1) is 29.5. The van der Waals surface area contributed by atoms with Crippen LogP contribution in [0.15, 0.2) is 48.5 Å². The Morgan fingerprint density at radius 2 is 1.90 bits per heavy atom. The summed E-state index contributed by atoms with van der Waals surface area (Å²) in [5.41, 5.74) is -1.88. The second-order valence-corrected chi connectivity index (χ2v) is 10.4. The highest BCUT2D eigenvalue weighted by atomic mass is 19.4. The van der Waals surface area contributed by atoms with Crippen LogP contribution >= 0.6 is 0 Å². The van der Waals surface area contributed by atoms with Crippen LogP contribution in [0.4, 0.5) is 13.2 Å². The van der Waals surface area contributed by atoms with Gasteiger partial charge in [-0.15, -0.1) is 0 Å². The van der Waals surface area contributed by atoms with Crippen LogP contribution in [-0.2, 0) is 21.3 Å². The Kier molecular flexibility index (Phi) is 8.83. The van der Waals surface area contributed by atoms with Crippen molar-refractivity contribution in [3.8, 4) is 6.07 Å². The standard InChI is InChI=1S/C29H33F3N4O4/c1-2-40-24-16-34-18-28(24,21-9-11-27(39,12-10-21)22-7-3-5-19(13-22)15-33)36-25(37)17-35-26(38)20-6-4-8-23(14-20)29(30,31)32/h3-8,13-14,21,24,34,39H,2,9-12,16-18H2,1H3,(H,35,38)(H,36,37)/t21?,24-,27?,28+/m0/s1. The number of halogens is 3. The molecule has 4 rings (SSSR count). The van der Waals surface area contributed by atoms with Crippen LogP contribution in [0.5, 0.6) is 0 Å². The minimum Gasteiger partial charge on any atom is -0.385 e. The summed E-state index contributed by atoms with van der Waals surface area (Å²) in [5.74, 6) is -1.33. The van der Waals surface area contributed by atoms with Crippen LogP contribution in [0.3, 0.4) is 0 Å². The van der Waals surface area contributed by atoms with Crippen LogP contribution in [0.1, 0.15) is 59.7 Å². The van der Waals surface area contributed by atoms with E-state index in [0.29, 0.717) is 56.5 Å². The minimum atomic E-state index is -4.59. The van der Waals surface area contributed by atoms with Gasteiger partial charge in [-0.2, -0.15) is 18.4 Å². The van der Waals surface area contributed by atoms with Gasteiger partial charge in [-0.25, -0.2) is 0 Å². The Balaban J connectivity index is 1.45. The van der Waals surface area contributed by atoms with Gasteiger partial charge >= 0.3 is 6.18 Å². The number of hydrogen-bond acceptors (Lipinski definition) is 6. The fourth-order valence-electron chi connectivity index (χ4n) is 5.93. The molecule has 2 aromatic carbocycles.